The molecule has 0 saturated heterocycles. The van der Waals surface area contributed by atoms with Crippen LogP contribution in [0, 0.1) is 0 Å². The standard InChI is InChI=1S/C28H25F2N7O5/c1-28(29,30)23-13-24(37(36-23)17-8-9-25(41-4)31-14-17)35-27(38)34-16-6-5-7-18(10-16)42-26-19-11-21(39-2)22(40-3)12-20(19)32-15-33-26/h5-15H,1-4H3,(H2,34,35,38). The van der Waals surface area contributed by atoms with E-state index in [1.165, 1.54) is 33.9 Å². The summed E-state index contributed by atoms with van der Waals surface area (Å²) in [5.41, 5.74) is 0.742. The van der Waals surface area contributed by atoms with Gasteiger partial charge in [0.15, 0.2) is 11.5 Å². The van der Waals surface area contributed by atoms with E-state index in [2.05, 4.69) is 30.7 Å². The molecule has 0 radical (unpaired) electrons. The predicted octanol–water partition coefficient (Wildman–Crippen LogP) is 5.78. The fourth-order valence-corrected chi connectivity index (χ4v) is 3.97. The van der Waals surface area contributed by atoms with Crippen LogP contribution in [0.4, 0.5) is 25.1 Å². The molecule has 3 aromatic heterocycles. The van der Waals surface area contributed by atoms with Crippen LogP contribution in [-0.2, 0) is 5.92 Å². The largest absolute Gasteiger partial charge is 0.493 e. The number of hydrogen-bond donors (Lipinski definition) is 2. The lowest BCUT2D eigenvalue weighted by Gasteiger charge is -2.13. The van der Waals surface area contributed by atoms with Gasteiger partial charge in [-0.15, -0.1) is 0 Å². The van der Waals surface area contributed by atoms with E-state index in [9.17, 15) is 13.6 Å². The van der Waals surface area contributed by atoms with E-state index in [4.69, 9.17) is 18.9 Å². The second-order valence-corrected chi connectivity index (χ2v) is 8.89. The summed E-state index contributed by atoms with van der Waals surface area (Å²) in [6.45, 7) is 0.717. The number of anilines is 2. The molecule has 0 aliphatic carbocycles. The van der Waals surface area contributed by atoms with E-state index >= 15 is 0 Å². The molecule has 3 heterocycles. The van der Waals surface area contributed by atoms with Gasteiger partial charge in [0.25, 0.3) is 5.92 Å². The molecule has 2 N–H and O–H groups in total. The lowest BCUT2D eigenvalue weighted by atomic mass is 10.2. The first-order chi connectivity index (χ1) is 20.2. The molecule has 0 saturated carbocycles. The van der Waals surface area contributed by atoms with Crippen LogP contribution >= 0.6 is 0 Å². The number of urea groups is 1. The Balaban J connectivity index is 1.36. The quantitative estimate of drug-likeness (QED) is 0.223. The molecule has 5 aromatic rings. The van der Waals surface area contributed by atoms with Crippen LogP contribution in [0.5, 0.6) is 29.0 Å². The van der Waals surface area contributed by atoms with Crippen LogP contribution in [0.15, 0.2) is 67.1 Å². The van der Waals surface area contributed by atoms with Crippen LogP contribution in [0.25, 0.3) is 16.6 Å². The number of halogens is 2. The highest BCUT2D eigenvalue weighted by Gasteiger charge is 2.30. The summed E-state index contributed by atoms with van der Waals surface area (Å²) in [5, 5.41) is 9.79. The Morgan fingerprint density at radius 3 is 2.38 bits per heavy atom. The average molecular weight is 578 g/mol. The topological polar surface area (TPSA) is 135 Å². The number of rotatable bonds is 9. The molecule has 216 valence electrons. The second kappa shape index (κ2) is 11.5. The number of hydrogen-bond acceptors (Lipinski definition) is 9. The number of amides is 2. The van der Waals surface area contributed by atoms with E-state index in [0.717, 1.165) is 10.7 Å². The third kappa shape index (κ3) is 5.96. The number of pyridine rings is 1. The SMILES string of the molecule is COc1ccc(-n2nc(C(C)(F)F)cc2NC(=O)Nc2cccc(Oc3ncnc4cc(OC)c(OC)cc34)c2)cn1. The summed E-state index contributed by atoms with van der Waals surface area (Å²) in [4.78, 5) is 25.5. The Morgan fingerprint density at radius 1 is 0.905 bits per heavy atom. The molecule has 0 spiro atoms. The van der Waals surface area contributed by atoms with Crippen molar-refractivity contribution in [2.45, 2.75) is 12.8 Å². The highest BCUT2D eigenvalue weighted by molar-refractivity contribution is 5.99. The van der Waals surface area contributed by atoms with Crippen molar-refractivity contribution in [3.63, 3.8) is 0 Å². The van der Waals surface area contributed by atoms with Crippen molar-refractivity contribution in [1.29, 1.82) is 0 Å². The Morgan fingerprint density at radius 2 is 1.69 bits per heavy atom. The van der Waals surface area contributed by atoms with E-state index in [1.54, 1.807) is 48.5 Å². The summed E-state index contributed by atoms with van der Waals surface area (Å²) < 4.78 is 51.1. The molecule has 0 aliphatic heterocycles. The number of alkyl halides is 2. The minimum Gasteiger partial charge on any atom is -0.493 e. The first-order valence-electron chi connectivity index (χ1n) is 12.4. The first-order valence-corrected chi connectivity index (χ1v) is 12.4. The third-order valence-electron chi connectivity index (χ3n) is 5.99. The third-order valence-corrected chi connectivity index (χ3v) is 5.99. The minimum absolute atomic E-state index is 0.000210. The number of nitrogens with one attached hydrogen (secondary N) is 2. The number of ether oxygens (including phenoxy) is 4. The van der Waals surface area contributed by atoms with Crippen LogP contribution in [0.1, 0.15) is 12.6 Å². The number of carbonyl (C=O) groups excluding carboxylic acids is 1. The van der Waals surface area contributed by atoms with Crippen molar-refractivity contribution >= 4 is 28.4 Å². The number of aromatic nitrogens is 5. The summed E-state index contributed by atoms with van der Waals surface area (Å²) in [7, 11) is 4.50. The van der Waals surface area contributed by atoms with Crippen LogP contribution in [0.2, 0.25) is 0 Å². The zero-order valence-electron chi connectivity index (χ0n) is 22.9. The zero-order chi connectivity index (χ0) is 29.9. The van der Waals surface area contributed by atoms with Gasteiger partial charge >= 0.3 is 6.03 Å². The lowest BCUT2D eigenvalue weighted by molar-refractivity contribution is 0.0124. The van der Waals surface area contributed by atoms with Gasteiger partial charge in [0.05, 0.1) is 44.1 Å². The molecule has 0 bridgehead atoms. The van der Waals surface area contributed by atoms with Crippen molar-refractivity contribution in [3.05, 3.63) is 72.8 Å². The van der Waals surface area contributed by atoms with Gasteiger partial charge in [-0.3, -0.25) is 5.32 Å². The van der Waals surface area contributed by atoms with Crippen molar-refractivity contribution < 1.29 is 32.5 Å². The summed E-state index contributed by atoms with van der Waals surface area (Å²) in [6.07, 6.45) is 2.74. The van der Waals surface area contributed by atoms with Gasteiger partial charge in [0, 0.05) is 36.9 Å². The summed E-state index contributed by atoms with van der Waals surface area (Å²) in [5.74, 6) is -1.31. The molecule has 42 heavy (non-hydrogen) atoms. The van der Waals surface area contributed by atoms with Crippen molar-refractivity contribution in [3.8, 4) is 34.7 Å². The van der Waals surface area contributed by atoms with Gasteiger partial charge in [-0.25, -0.2) is 24.4 Å². The minimum atomic E-state index is -3.25. The molecule has 2 amide bonds. The van der Waals surface area contributed by atoms with Crippen molar-refractivity contribution in [1.82, 2.24) is 24.7 Å². The molecule has 0 atom stereocenters. The van der Waals surface area contributed by atoms with Crippen LogP contribution in [-0.4, -0.2) is 52.1 Å². The van der Waals surface area contributed by atoms with E-state index in [0.29, 0.717) is 52.3 Å². The second-order valence-electron chi connectivity index (χ2n) is 8.89. The fraction of sp³-hybridized carbons (Fsp3) is 0.179. The molecular weight excluding hydrogens is 552 g/mol. The number of fused-ring (bicyclic) bond motifs is 1. The molecular formula is C28H25F2N7O5. The van der Waals surface area contributed by atoms with Crippen molar-refractivity contribution in [2.24, 2.45) is 0 Å². The fourth-order valence-electron chi connectivity index (χ4n) is 3.97. The molecule has 12 nitrogen and oxygen atoms in total. The van der Waals surface area contributed by atoms with E-state index in [1.807, 2.05) is 0 Å². The predicted molar refractivity (Wildman–Crippen MR) is 149 cm³/mol. The molecule has 5 rings (SSSR count). The highest BCUT2D eigenvalue weighted by Crippen LogP contribution is 2.36. The Labute approximate surface area is 238 Å². The molecule has 0 fully saturated rings. The van der Waals surface area contributed by atoms with Gasteiger partial charge in [0.2, 0.25) is 11.8 Å². The Bertz CT molecular complexity index is 1740. The molecule has 0 unspecified atom stereocenters. The van der Waals surface area contributed by atoms with Gasteiger partial charge in [-0.05, 0) is 24.3 Å². The maximum absolute atomic E-state index is 14.1. The van der Waals surface area contributed by atoms with Gasteiger partial charge in [0.1, 0.15) is 23.6 Å². The maximum atomic E-state index is 14.1. The van der Waals surface area contributed by atoms with Crippen LogP contribution in [0.3, 0.4) is 0 Å². The maximum Gasteiger partial charge on any atom is 0.324 e. The molecule has 0 aliphatic rings. The van der Waals surface area contributed by atoms with Gasteiger partial charge in [-0.1, -0.05) is 6.07 Å². The number of carbonyl (C=O) groups is 1. The Kier molecular flexibility index (Phi) is 7.69. The van der Waals surface area contributed by atoms with Gasteiger partial charge in [-0.2, -0.15) is 13.9 Å². The van der Waals surface area contributed by atoms with E-state index in [-0.39, 0.29) is 11.7 Å². The monoisotopic (exact) mass is 577 g/mol. The number of benzene rings is 2. The average Bonchev–Trinajstić information content (AvgIpc) is 3.41. The normalized spacial score (nSPS) is 11.2. The number of nitrogens with zero attached hydrogens (tertiary/aromatic N) is 5. The molecule has 14 heteroatoms. The van der Waals surface area contributed by atoms with Gasteiger partial charge < -0.3 is 24.3 Å². The lowest BCUT2D eigenvalue weighted by Crippen LogP contribution is -2.21. The highest BCUT2D eigenvalue weighted by atomic mass is 19.3. The first kappa shape index (κ1) is 28.0. The van der Waals surface area contributed by atoms with E-state index < -0.39 is 17.6 Å². The summed E-state index contributed by atoms with van der Waals surface area (Å²) >= 11 is 0. The smallest absolute Gasteiger partial charge is 0.324 e. The number of methoxy groups -OCH3 is 3. The van der Waals surface area contributed by atoms with Crippen LogP contribution < -0.4 is 29.6 Å². The zero-order valence-corrected chi connectivity index (χ0v) is 22.9. The summed E-state index contributed by atoms with van der Waals surface area (Å²) in [6, 6.07) is 13.5. The molecule has 2 aromatic carbocycles. The Hall–Kier alpha value is -5.53. The van der Waals surface area contributed by atoms with Crippen molar-refractivity contribution in [2.75, 3.05) is 32.0 Å².